The number of rotatable bonds is 9. The van der Waals surface area contributed by atoms with Crippen LogP contribution in [0.25, 0.3) is 22.3 Å². The van der Waals surface area contributed by atoms with Gasteiger partial charge in [-0.25, -0.2) is 0 Å². The molecule has 260 valence electrons. The SMILES string of the molecule is CC1(C)OB(c2ccc(-c3ccc(OC(Oc4ccc(-c5ccc(B6OC(C)(C)C(C)(C)O6)cc5)cc4)c4ccccc4)cc3)cc2)OC1(C)C. The molecule has 0 unspecified atom stereocenters. The first-order valence-corrected chi connectivity index (χ1v) is 17.7. The smallest absolute Gasteiger partial charge is 0.451 e. The lowest BCUT2D eigenvalue weighted by Gasteiger charge is -2.32. The predicted octanol–water partition coefficient (Wildman–Crippen LogP) is 8.78. The maximum Gasteiger partial charge on any atom is 0.494 e. The molecule has 51 heavy (non-hydrogen) atoms. The summed E-state index contributed by atoms with van der Waals surface area (Å²) < 4.78 is 37.8. The fourth-order valence-corrected chi connectivity index (χ4v) is 6.09. The van der Waals surface area contributed by atoms with Crippen LogP contribution in [0.3, 0.4) is 0 Å². The molecule has 2 aliphatic heterocycles. The van der Waals surface area contributed by atoms with E-state index in [4.69, 9.17) is 28.1 Å². The quantitative estimate of drug-likeness (QED) is 0.115. The Bertz CT molecular complexity index is 1780. The van der Waals surface area contributed by atoms with Gasteiger partial charge in [0.25, 0.3) is 6.29 Å². The molecular weight excluding hydrogens is 634 g/mol. The molecule has 8 heteroatoms. The van der Waals surface area contributed by atoms with E-state index in [1.807, 2.05) is 54.6 Å². The van der Waals surface area contributed by atoms with Crippen molar-refractivity contribution in [1.82, 2.24) is 0 Å². The van der Waals surface area contributed by atoms with E-state index >= 15 is 0 Å². The molecular formula is C43H46B2O6. The van der Waals surface area contributed by atoms with Gasteiger partial charge in [-0.2, -0.15) is 0 Å². The molecule has 5 aromatic carbocycles. The van der Waals surface area contributed by atoms with Crippen LogP contribution in [-0.4, -0.2) is 36.6 Å². The lowest BCUT2D eigenvalue weighted by molar-refractivity contribution is 0.00383. The largest absolute Gasteiger partial charge is 0.494 e. The molecule has 2 fully saturated rings. The summed E-state index contributed by atoms with van der Waals surface area (Å²) in [6.45, 7) is 16.5. The number of ether oxygens (including phenoxy) is 2. The second-order valence-electron chi connectivity index (χ2n) is 15.4. The zero-order chi connectivity index (χ0) is 36.0. The second kappa shape index (κ2) is 13.3. The Labute approximate surface area is 303 Å². The standard InChI is InChI=1S/C43H46B2O6/c1-40(2)41(3,4)49-44(48-40)35-22-14-30(15-23-35)32-18-26-37(27-19-32)46-39(34-12-10-9-11-13-34)47-38-28-20-33(21-29-38)31-16-24-36(25-17-31)45-50-42(5,6)43(7,8)51-45/h9-29,39H,1-8H3. The van der Waals surface area contributed by atoms with Crippen molar-refractivity contribution >= 4 is 25.2 Å². The Morgan fingerprint density at radius 1 is 0.392 bits per heavy atom. The minimum absolute atomic E-state index is 0.374. The summed E-state index contributed by atoms with van der Waals surface area (Å²) in [7, 11) is -0.767. The average Bonchev–Trinajstić information content (AvgIpc) is 3.48. The van der Waals surface area contributed by atoms with Crippen LogP contribution < -0.4 is 20.4 Å². The molecule has 0 amide bonds. The maximum absolute atomic E-state index is 6.45. The van der Waals surface area contributed by atoms with E-state index < -0.39 is 6.29 Å². The van der Waals surface area contributed by atoms with Crippen LogP contribution in [0.5, 0.6) is 11.5 Å². The van der Waals surface area contributed by atoms with Crippen molar-refractivity contribution in [2.24, 2.45) is 0 Å². The molecule has 0 aromatic heterocycles. The molecule has 0 bridgehead atoms. The fraction of sp³-hybridized carbons (Fsp3) is 0.302. The molecule has 0 atom stereocenters. The van der Waals surface area contributed by atoms with Crippen molar-refractivity contribution in [3.05, 3.63) is 133 Å². The third-order valence-corrected chi connectivity index (χ3v) is 10.8. The van der Waals surface area contributed by atoms with Crippen LogP contribution in [0.15, 0.2) is 127 Å². The minimum Gasteiger partial charge on any atom is -0.451 e. The topological polar surface area (TPSA) is 55.4 Å². The van der Waals surface area contributed by atoms with Gasteiger partial charge in [0.15, 0.2) is 0 Å². The third-order valence-electron chi connectivity index (χ3n) is 10.8. The molecule has 5 aromatic rings. The molecule has 2 saturated heterocycles. The zero-order valence-electron chi connectivity index (χ0n) is 30.8. The summed E-state index contributed by atoms with van der Waals surface area (Å²) in [6.07, 6.45) is -0.638. The molecule has 0 radical (unpaired) electrons. The summed E-state index contributed by atoms with van der Waals surface area (Å²) in [5.41, 5.74) is 5.79. The number of hydrogen-bond acceptors (Lipinski definition) is 6. The van der Waals surface area contributed by atoms with E-state index in [0.29, 0.717) is 11.5 Å². The lowest BCUT2D eigenvalue weighted by Crippen LogP contribution is -2.41. The highest BCUT2D eigenvalue weighted by atomic mass is 16.7. The van der Waals surface area contributed by atoms with Crippen molar-refractivity contribution < 1.29 is 28.1 Å². The van der Waals surface area contributed by atoms with Crippen LogP contribution in [0.1, 0.15) is 67.2 Å². The van der Waals surface area contributed by atoms with Gasteiger partial charge >= 0.3 is 14.2 Å². The highest BCUT2D eigenvalue weighted by Crippen LogP contribution is 2.38. The second-order valence-corrected chi connectivity index (χ2v) is 15.4. The first-order chi connectivity index (χ1) is 24.2. The predicted molar refractivity (Wildman–Crippen MR) is 206 cm³/mol. The van der Waals surface area contributed by atoms with E-state index in [9.17, 15) is 0 Å². The Balaban J connectivity index is 1.02. The van der Waals surface area contributed by atoms with Gasteiger partial charge in [0, 0.05) is 5.56 Å². The van der Waals surface area contributed by atoms with Crippen LogP contribution >= 0.6 is 0 Å². The van der Waals surface area contributed by atoms with Crippen molar-refractivity contribution in [2.45, 2.75) is 84.1 Å². The van der Waals surface area contributed by atoms with Gasteiger partial charge < -0.3 is 28.1 Å². The van der Waals surface area contributed by atoms with Gasteiger partial charge in [0.2, 0.25) is 0 Å². The fourth-order valence-electron chi connectivity index (χ4n) is 6.09. The highest BCUT2D eigenvalue weighted by Gasteiger charge is 2.52. The highest BCUT2D eigenvalue weighted by molar-refractivity contribution is 6.62. The van der Waals surface area contributed by atoms with Gasteiger partial charge in [-0.1, -0.05) is 103 Å². The average molecular weight is 680 g/mol. The Morgan fingerprint density at radius 3 is 1.00 bits per heavy atom. The summed E-state index contributed by atoms with van der Waals surface area (Å²) in [5, 5.41) is 0. The van der Waals surface area contributed by atoms with Gasteiger partial charge in [0.1, 0.15) is 11.5 Å². The van der Waals surface area contributed by atoms with Crippen LogP contribution in [-0.2, 0) is 18.6 Å². The van der Waals surface area contributed by atoms with Gasteiger partial charge in [-0.3, -0.25) is 0 Å². The third kappa shape index (κ3) is 7.24. The lowest BCUT2D eigenvalue weighted by atomic mass is 9.78. The number of benzene rings is 5. The molecule has 6 nitrogen and oxygen atoms in total. The Morgan fingerprint density at radius 2 is 0.686 bits per heavy atom. The van der Waals surface area contributed by atoms with Crippen molar-refractivity contribution in [1.29, 1.82) is 0 Å². The zero-order valence-corrected chi connectivity index (χ0v) is 30.8. The molecule has 7 rings (SSSR count). The first-order valence-electron chi connectivity index (χ1n) is 17.7. The summed E-state index contributed by atoms with van der Waals surface area (Å²) in [5.74, 6) is 1.42. The first kappa shape index (κ1) is 35.1. The van der Waals surface area contributed by atoms with Crippen molar-refractivity contribution in [2.75, 3.05) is 0 Å². The Hall–Kier alpha value is -4.33. The van der Waals surface area contributed by atoms with Gasteiger partial charge in [-0.05, 0) is 113 Å². The minimum atomic E-state index is -0.638. The van der Waals surface area contributed by atoms with Crippen molar-refractivity contribution in [3.63, 3.8) is 0 Å². The maximum atomic E-state index is 6.45. The van der Waals surface area contributed by atoms with Gasteiger partial charge in [0.05, 0.1) is 22.4 Å². The van der Waals surface area contributed by atoms with Gasteiger partial charge in [-0.15, -0.1) is 0 Å². The molecule has 0 N–H and O–H groups in total. The Kier molecular flexibility index (Phi) is 9.17. The number of hydrogen-bond donors (Lipinski definition) is 0. The molecule has 0 saturated carbocycles. The monoisotopic (exact) mass is 680 g/mol. The van der Waals surface area contributed by atoms with Crippen molar-refractivity contribution in [3.8, 4) is 33.8 Å². The van der Waals surface area contributed by atoms with E-state index in [0.717, 1.165) is 38.7 Å². The van der Waals surface area contributed by atoms with E-state index in [-0.39, 0.29) is 36.6 Å². The normalized spacial score (nSPS) is 18.6. The van der Waals surface area contributed by atoms with Crippen LogP contribution in [0, 0.1) is 0 Å². The van der Waals surface area contributed by atoms with E-state index in [1.54, 1.807) is 0 Å². The summed E-state index contributed by atoms with van der Waals surface area (Å²) in [4.78, 5) is 0. The van der Waals surface area contributed by atoms with E-state index in [2.05, 4.69) is 128 Å². The molecule has 2 aliphatic rings. The molecule has 0 aliphatic carbocycles. The van der Waals surface area contributed by atoms with E-state index in [1.165, 1.54) is 0 Å². The molecule has 0 spiro atoms. The van der Waals surface area contributed by atoms with Crippen LogP contribution in [0.2, 0.25) is 0 Å². The summed E-state index contributed by atoms with van der Waals surface area (Å²) >= 11 is 0. The van der Waals surface area contributed by atoms with Crippen LogP contribution in [0.4, 0.5) is 0 Å². The molecule has 2 heterocycles. The summed E-state index contributed by atoms with van der Waals surface area (Å²) in [6, 6.07) is 42.8.